The smallest absolute Gasteiger partial charge is 0.341 e. The Labute approximate surface area is 145 Å². The fourth-order valence-electron chi connectivity index (χ4n) is 2.08. The molecule has 0 radical (unpaired) electrons. The molecular formula is C19H16N2O4. The summed E-state index contributed by atoms with van der Waals surface area (Å²) in [5, 5.41) is 20.7. The third-order valence-electron chi connectivity index (χ3n) is 3.33. The number of rotatable bonds is 6. The highest BCUT2D eigenvalue weighted by Gasteiger charge is 2.12. The van der Waals surface area contributed by atoms with E-state index in [4.69, 9.17) is 9.84 Å². The van der Waals surface area contributed by atoms with Crippen molar-refractivity contribution in [3.63, 3.8) is 0 Å². The van der Waals surface area contributed by atoms with E-state index in [9.17, 15) is 14.9 Å². The summed E-state index contributed by atoms with van der Waals surface area (Å²) in [4.78, 5) is 23.0. The molecule has 1 amide bonds. The maximum Gasteiger partial charge on any atom is 0.341 e. The molecule has 0 aliphatic heterocycles. The first-order valence-corrected chi connectivity index (χ1v) is 7.43. The minimum absolute atomic E-state index is 0.116. The number of carboxylic acids is 1. The van der Waals surface area contributed by atoms with Crippen molar-refractivity contribution >= 4 is 23.6 Å². The number of carboxylic acid groups (broad SMARTS) is 1. The number of aryl methyl sites for hydroxylation is 1. The topological polar surface area (TPSA) is 99.4 Å². The molecule has 0 unspecified atom stereocenters. The Morgan fingerprint density at radius 3 is 2.56 bits per heavy atom. The summed E-state index contributed by atoms with van der Waals surface area (Å²) >= 11 is 0. The van der Waals surface area contributed by atoms with Gasteiger partial charge in [-0.25, -0.2) is 4.79 Å². The van der Waals surface area contributed by atoms with Crippen molar-refractivity contribution in [3.05, 3.63) is 65.2 Å². The number of benzene rings is 2. The summed E-state index contributed by atoms with van der Waals surface area (Å²) in [5.74, 6) is -1.39. The highest BCUT2D eigenvalue weighted by molar-refractivity contribution is 6.10. The van der Waals surface area contributed by atoms with E-state index in [2.05, 4.69) is 5.32 Å². The van der Waals surface area contributed by atoms with Gasteiger partial charge in [-0.3, -0.25) is 4.79 Å². The van der Waals surface area contributed by atoms with E-state index in [1.165, 1.54) is 6.08 Å². The molecule has 6 nitrogen and oxygen atoms in total. The number of aliphatic carboxylic acids is 1. The molecule has 2 aromatic rings. The lowest BCUT2D eigenvalue weighted by Gasteiger charge is -2.09. The van der Waals surface area contributed by atoms with Crippen molar-refractivity contribution in [2.45, 2.75) is 6.92 Å². The lowest BCUT2D eigenvalue weighted by atomic mass is 10.1. The van der Waals surface area contributed by atoms with Gasteiger partial charge >= 0.3 is 5.97 Å². The van der Waals surface area contributed by atoms with Crippen LogP contribution in [-0.2, 0) is 9.59 Å². The summed E-state index contributed by atoms with van der Waals surface area (Å²) in [6.07, 6.45) is 1.37. The molecule has 2 rings (SSSR count). The zero-order valence-electron chi connectivity index (χ0n) is 13.5. The molecule has 0 saturated carbocycles. The maximum absolute atomic E-state index is 12.3. The zero-order chi connectivity index (χ0) is 18.2. The van der Waals surface area contributed by atoms with Crippen LogP contribution in [0.5, 0.6) is 5.75 Å². The summed E-state index contributed by atoms with van der Waals surface area (Å²) < 4.78 is 5.18. The molecule has 0 fully saturated rings. The SMILES string of the molecule is Cc1ccccc1NC(=O)/C(C#N)=C/c1ccccc1OCC(=O)O. The largest absolute Gasteiger partial charge is 0.481 e. The van der Waals surface area contributed by atoms with Crippen LogP contribution in [0.15, 0.2) is 54.1 Å². The predicted octanol–water partition coefficient (Wildman–Crippen LogP) is 3.00. The van der Waals surface area contributed by atoms with E-state index in [0.29, 0.717) is 11.3 Å². The van der Waals surface area contributed by atoms with Gasteiger partial charge in [-0.2, -0.15) is 5.26 Å². The molecule has 126 valence electrons. The quantitative estimate of drug-likeness (QED) is 0.624. The average molecular weight is 336 g/mol. The highest BCUT2D eigenvalue weighted by atomic mass is 16.5. The van der Waals surface area contributed by atoms with Gasteiger partial charge in [0.05, 0.1) is 0 Å². The average Bonchev–Trinajstić information content (AvgIpc) is 2.60. The number of amides is 1. The fraction of sp³-hybridized carbons (Fsp3) is 0.105. The van der Waals surface area contributed by atoms with Crippen LogP contribution < -0.4 is 10.1 Å². The van der Waals surface area contributed by atoms with Crippen molar-refractivity contribution in [1.82, 2.24) is 0 Å². The van der Waals surface area contributed by atoms with E-state index in [1.807, 2.05) is 25.1 Å². The van der Waals surface area contributed by atoms with Crippen LogP contribution in [0.4, 0.5) is 5.69 Å². The molecule has 0 saturated heterocycles. The van der Waals surface area contributed by atoms with Gasteiger partial charge in [0, 0.05) is 11.3 Å². The van der Waals surface area contributed by atoms with Gasteiger partial charge in [-0.1, -0.05) is 36.4 Å². The molecule has 2 N–H and O–H groups in total. The van der Waals surface area contributed by atoms with Crippen molar-refractivity contribution in [1.29, 1.82) is 5.26 Å². The Morgan fingerprint density at radius 1 is 1.20 bits per heavy atom. The third kappa shape index (κ3) is 4.94. The van der Waals surface area contributed by atoms with Crippen LogP contribution in [0.25, 0.3) is 6.08 Å². The maximum atomic E-state index is 12.3. The molecule has 0 aliphatic rings. The molecule has 0 aliphatic carbocycles. The number of ether oxygens (including phenoxy) is 1. The van der Waals surface area contributed by atoms with E-state index < -0.39 is 18.5 Å². The Bertz CT molecular complexity index is 866. The number of nitrogens with zero attached hydrogens (tertiary/aromatic N) is 1. The lowest BCUT2D eigenvalue weighted by Crippen LogP contribution is -2.14. The van der Waals surface area contributed by atoms with Gasteiger partial charge < -0.3 is 15.2 Å². The molecule has 0 spiro atoms. The van der Waals surface area contributed by atoms with Crippen LogP contribution in [0.2, 0.25) is 0 Å². The summed E-state index contributed by atoms with van der Waals surface area (Å²) in [7, 11) is 0. The molecule has 0 aromatic heterocycles. The van der Waals surface area contributed by atoms with Crippen molar-refractivity contribution in [2.24, 2.45) is 0 Å². The number of hydrogen-bond acceptors (Lipinski definition) is 4. The van der Waals surface area contributed by atoms with Crippen LogP contribution >= 0.6 is 0 Å². The van der Waals surface area contributed by atoms with E-state index in [-0.39, 0.29) is 11.3 Å². The minimum Gasteiger partial charge on any atom is -0.481 e. The highest BCUT2D eigenvalue weighted by Crippen LogP contribution is 2.22. The molecule has 0 atom stereocenters. The number of anilines is 1. The Hall–Kier alpha value is -3.59. The Morgan fingerprint density at radius 2 is 1.88 bits per heavy atom. The van der Waals surface area contributed by atoms with Gasteiger partial charge in [-0.05, 0) is 30.7 Å². The number of carbonyl (C=O) groups is 2. The molecule has 2 aromatic carbocycles. The third-order valence-corrected chi connectivity index (χ3v) is 3.33. The number of nitriles is 1. The second kappa shape index (κ2) is 8.31. The van der Waals surface area contributed by atoms with Crippen molar-refractivity contribution < 1.29 is 19.4 Å². The van der Waals surface area contributed by atoms with E-state index in [0.717, 1.165) is 5.56 Å². The first-order chi connectivity index (χ1) is 12.0. The lowest BCUT2D eigenvalue weighted by molar-refractivity contribution is -0.139. The standard InChI is InChI=1S/C19H16N2O4/c1-13-6-2-4-8-16(13)21-19(24)15(11-20)10-14-7-3-5-9-17(14)25-12-18(22)23/h2-10H,12H2,1H3,(H,21,24)(H,22,23)/b15-10+. The van der Waals surface area contributed by atoms with Crippen molar-refractivity contribution in [2.75, 3.05) is 11.9 Å². The molecule has 0 heterocycles. The van der Waals surface area contributed by atoms with Gasteiger partial charge in [0.1, 0.15) is 17.4 Å². The first kappa shape index (κ1) is 17.8. The fourth-order valence-corrected chi connectivity index (χ4v) is 2.08. The molecule has 0 bridgehead atoms. The molecular weight excluding hydrogens is 320 g/mol. The van der Waals surface area contributed by atoms with Gasteiger partial charge in [0.15, 0.2) is 6.61 Å². The van der Waals surface area contributed by atoms with Gasteiger partial charge in [0.2, 0.25) is 0 Å². The summed E-state index contributed by atoms with van der Waals surface area (Å²) in [6.45, 7) is 1.34. The normalized spacial score (nSPS) is 10.6. The van der Waals surface area contributed by atoms with Crippen LogP contribution in [-0.4, -0.2) is 23.6 Å². The van der Waals surface area contributed by atoms with Crippen LogP contribution in [0.3, 0.4) is 0 Å². The number of hydrogen-bond donors (Lipinski definition) is 2. The van der Waals surface area contributed by atoms with Crippen molar-refractivity contribution in [3.8, 4) is 11.8 Å². The first-order valence-electron chi connectivity index (χ1n) is 7.43. The van der Waals surface area contributed by atoms with Crippen LogP contribution in [0, 0.1) is 18.3 Å². The van der Waals surface area contributed by atoms with E-state index >= 15 is 0 Å². The molecule has 25 heavy (non-hydrogen) atoms. The predicted molar refractivity (Wildman–Crippen MR) is 93.0 cm³/mol. The van der Waals surface area contributed by atoms with Gasteiger partial charge in [-0.15, -0.1) is 0 Å². The summed E-state index contributed by atoms with van der Waals surface area (Å²) in [5.41, 5.74) is 1.82. The van der Waals surface area contributed by atoms with E-state index in [1.54, 1.807) is 36.4 Å². The second-order valence-corrected chi connectivity index (χ2v) is 5.16. The monoisotopic (exact) mass is 336 g/mol. The Balaban J connectivity index is 2.25. The second-order valence-electron chi connectivity index (χ2n) is 5.16. The number of para-hydroxylation sites is 2. The minimum atomic E-state index is -1.11. The number of nitrogens with one attached hydrogen (secondary N) is 1. The molecule has 6 heteroatoms. The van der Waals surface area contributed by atoms with Crippen LogP contribution in [0.1, 0.15) is 11.1 Å². The van der Waals surface area contributed by atoms with Gasteiger partial charge in [0.25, 0.3) is 5.91 Å². The Kier molecular flexibility index (Phi) is 5.91. The summed E-state index contributed by atoms with van der Waals surface area (Å²) in [6, 6.07) is 15.7. The number of carbonyl (C=O) groups excluding carboxylic acids is 1. The zero-order valence-corrected chi connectivity index (χ0v) is 13.5.